The van der Waals surface area contributed by atoms with Crippen LogP contribution in [0.2, 0.25) is 0 Å². The van der Waals surface area contributed by atoms with Crippen LogP contribution in [-0.4, -0.2) is 51.8 Å². The average Bonchev–Trinajstić information content (AvgIpc) is 3.36. The number of piperazine rings is 1. The second-order valence-electron chi connectivity index (χ2n) is 9.36. The van der Waals surface area contributed by atoms with Gasteiger partial charge in [-0.3, -0.25) is 4.79 Å². The molecule has 2 heterocycles. The van der Waals surface area contributed by atoms with Crippen molar-refractivity contribution >= 4 is 11.6 Å². The van der Waals surface area contributed by atoms with Gasteiger partial charge in [0.1, 0.15) is 5.82 Å². The van der Waals surface area contributed by atoms with E-state index >= 15 is 0 Å². The fourth-order valence-electron chi connectivity index (χ4n) is 4.68. The van der Waals surface area contributed by atoms with Gasteiger partial charge in [0.25, 0.3) is 5.91 Å². The molecule has 0 saturated carbocycles. The van der Waals surface area contributed by atoms with Gasteiger partial charge in [0, 0.05) is 38.3 Å². The lowest BCUT2D eigenvalue weighted by Crippen LogP contribution is -2.49. The van der Waals surface area contributed by atoms with Crippen molar-refractivity contribution in [3.8, 4) is 5.69 Å². The summed E-state index contributed by atoms with van der Waals surface area (Å²) in [6.07, 6.45) is -3.02. The second kappa shape index (κ2) is 10.7. The van der Waals surface area contributed by atoms with Gasteiger partial charge >= 0.3 is 6.18 Å². The van der Waals surface area contributed by atoms with Crippen LogP contribution in [0, 0.1) is 6.92 Å². The highest BCUT2D eigenvalue weighted by atomic mass is 19.4. The molecule has 1 aliphatic rings. The number of halogens is 3. The van der Waals surface area contributed by atoms with Gasteiger partial charge in [0.2, 0.25) is 5.82 Å². The monoisotopic (exact) mass is 519 g/mol. The van der Waals surface area contributed by atoms with E-state index in [-0.39, 0.29) is 11.7 Å². The third-order valence-electron chi connectivity index (χ3n) is 6.79. The smallest absolute Gasteiger partial charge is 0.368 e. The predicted octanol–water partition coefficient (Wildman–Crippen LogP) is 5.34. The van der Waals surface area contributed by atoms with E-state index in [2.05, 4.69) is 22.2 Å². The van der Waals surface area contributed by atoms with Crippen LogP contribution in [0.3, 0.4) is 0 Å². The van der Waals surface area contributed by atoms with E-state index in [0.29, 0.717) is 44.1 Å². The molecule has 4 aromatic rings. The minimum absolute atomic E-state index is 0.129. The van der Waals surface area contributed by atoms with Crippen molar-refractivity contribution in [1.29, 1.82) is 0 Å². The number of amides is 1. The average molecular weight is 520 g/mol. The molecule has 0 bridgehead atoms. The molecule has 0 unspecified atom stereocenters. The molecule has 38 heavy (non-hydrogen) atoms. The molecule has 9 heteroatoms. The Balaban J connectivity index is 1.33. The van der Waals surface area contributed by atoms with Crippen LogP contribution in [0.1, 0.15) is 33.1 Å². The SMILES string of the molecule is Cc1ccccc1-n1nc(C(=O)N2CCN(c3cccc(C(F)(F)F)c3)CC2)nc1CCc1ccccc1. The predicted molar refractivity (Wildman–Crippen MR) is 140 cm³/mol. The maximum Gasteiger partial charge on any atom is 0.416 e. The first-order chi connectivity index (χ1) is 18.3. The third-order valence-corrected chi connectivity index (χ3v) is 6.79. The summed E-state index contributed by atoms with van der Waals surface area (Å²) >= 11 is 0. The largest absolute Gasteiger partial charge is 0.416 e. The quantitative estimate of drug-likeness (QED) is 0.345. The number of aryl methyl sites for hydroxylation is 3. The Bertz CT molecular complexity index is 1410. The number of anilines is 1. The summed E-state index contributed by atoms with van der Waals surface area (Å²) in [7, 11) is 0. The molecule has 3 aromatic carbocycles. The Morgan fingerprint density at radius 1 is 0.868 bits per heavy atom. The maximum atomic E-state index is 13.4. The summed E-state index contributed by atoms with van der Waals surface area (Å²) in [6, 6.07) is 23.2. The lowest BCUT2D eigenvalue weighted by atomic mass is 10.1. The minimum Gasteiger partial charge on any atom is -0.368 e. The molecular weight excluding hydrogens is 491 g/mol. The van der Waals surface area contributed by atoms with Crippen LogP contribution in [0.5, 0.6) is 0 Å². The zero-order valence-electron chi connectivity index (χ0n) is 21.0. The van der Waals surface area contributed by atoms with Gasteiger partial charge in [-0.05, 0) is 48.7 Å². The van der Waals surface area contributed by atoms with Crippen LogP contribution in [-0.2, 0) is 19.0 Å². The number of carbonyl (C=O) groups excluding carboxylic acids is 1. The summed E-state index contributed by atoms with van der Waals surface area (Å²) < 4.78 is 41.2. The van der Waals surface area contributed by atoms with E-state index in [0.717, 1.165) is 29.8 Å². The Labute approximate surface area is 219 Å². The van der Waals surface area contributed by atoms with E-state index in [4.69, 9.17) is 0 Å². The van der Waals surface area contributed by atoms with Crippen molar-refractivity contribution in [1.82, 2.24) is 19.7 Å². The van der Waals surface area contributed by atoms with Crippen LogP contribution < -0.4 is 4.90 Å². The Morgan fingerprint density at radius 3 is 2.29 bits per heavy atom. The number of aromatic nitrogens is 3. The molecule has 0 N–H and O–H groups in total. The van der Waals surface area contributed by atoms with E-state index in [1.165, 1.54) is 11.6 Å². The van der Waals surface area contributed by atoms with Gasteiger partial charge in [-0.2, -0.15) is 13.2 Å². The summed E-state index contributed by atoms with van der Waals surface area (Å²) in [5.41, 5.74) is 2.88. The number of hydrogen-bond acceptors (Lipinski definition) is 4. The van der Waals surface area contributed by atoms with Crippen molar-refractivity contribution in [2.75, 3.05) is 31.1 Å². The number of alkyl halides is 3. The molecule has 1 saturated heterocycles. The van der Waals surface area contributed by atoms with Gasteiger partial charge in [-0.25, -0.2) is 9.67 Å². The van der Waals surface area contributed by atoms with Gasteiger partial charge in [0.05, 0.1) is 11.3 Å². The number of nitrogens with zero attached hydrogens (tertiary/aromatic N) is 5. The minimum atomic E-state index is -4.40. The third kappa shape index (κ3) is 5.56. The molecule has 196 valence electrons. The zero-order valence-corrected chi connectivity index (χ0v) is 21.0. The topological polar surface area (TPSA) is 54.3 Å². The van der Waals surface area contributed by atoms with E-state index in [9.17, 15) is 18.0 Å². The number of para-hydroxylation sites is 1. The zero-order chi connectivity index (χ0) is 26.7. The molecule has 1 aliphatic heterocycles. The number of benzene rings is 3. The molecule has 5 rings (SSSR count). The molecule has 1 amide bonds. The van der Waals surface area contributed by atoms with E-state index < -0.39 is 11.7 Å². The standard InChI is InChI=1S/C29H28F3N5O/c1-21-8-5-6-13-25(21)37-26(15-14-22-9-3-2-4-10-22)33-27(34-37)28(38)36-18-16-35(17-19-36)24-12-7-11-23(20-24)29(30,31)32/h2-13,20H,14-19H2,1H3. The number of rotatable bonds is 6. The van der Waals surface area contributed by atoms with Gasteiger partial charge < -0.3 is 9.80 Å². The Kier molecular flexibility index (Phi) is 7.18. The van der Waals surface area contributed by atoms with Gasteiger partial charge in [-0.15, -0.1) is 5.10 Å². The maximum absolute atomic E-state index is 13.4. The van der Waals surface area contributed by atoms with Gasteiger partial charge in [-0.1, -0.05) is 54.6 Å². The summed E-state index contributed by atoms with van der Waals surface area (Å²) in [6.45, 7) is 3.58. The van der Waals surface area contributed by atoms with Crippen molar-refractivity contribution in [2.24, 2.45) is 0 Å². The normalized spacial score (nSPS) is 14.1. The highest BCUT2D eigenvalue weighted by molar-refractivity contribution is 5.90. The number of hydrogen-bond donors (Lipinski definition) is 0. The highest BCUT2D eigenvalue weighted by Gasteiger charge is 2.32. The molecule has 0 aliphatic carbocycles. The van der Waals surface area contributed by atoms with Crippen molar-refractivity contribution in [3.05, 3.63) is 107 Å². The first-order valence-corrected chi connectivity index (χ1v) is 12.6. The van der Waals surface area contributed by atoms with Crippen LogP contribution >= 0.6 is 0 Å². The van der Waals surface area contributed by atoms with Crippen molar-refractivity contribution < 1.29 is 18.0 Å². The summed E-state index contributed by atoms with van der Waals surface area (Å²) in [4.78, 5) is 21.6. The van der Waals surface area contributed by atoms with Crippen LogP contribution in [0.15, 0.2) is 78.9 Å². The van der Waals surface area contributed by atoms with Crippen LogP contribution in [0.4, 0.5) is 18.9 Å². The molecule has 0 atom stereocenters. The lowest BCUT2D eigenvalue weighted by molar-refractivity contribution is -0.137. The first kappa shape index (κ1) is 25.5. The molecule has 1 fully saturated rings. The first-order valence-electron chi connectivity index (χ1n) is 12.6. The van der Waals surface area contributed by atoms with Crippen molar-refractivity contribution in [3.63, 3.8) is 0 Å². The second-order valence-corrected chi connectivity index (χ2v) is 9.36. The molecule has 0 radical (unpaired) electrons. The van der Waals surface area contributed by atoms with Crippen molar-refractivity contribution in [2.45, 2.75) is 25.9 Å². The Hall–Kier alpha value is -4.14. The molecule has 0 spiro atoms. The fourth-order valence-corrected chi connectivity index (χ4v) is 4.68. The summed E-state index contributed by atoms with van der Waals surface area (Å²) in [5.74, 6) is 0.555. The van der Waals surface area contributed by atoms with Crippen LogP contribution in [0.25, 0.3) is 5.69 Å². The molecule has 1 aromatic heterocycles. The van der Waals surface area contributed by atoms with Gasteiger partial charge in [0.15, 0.2) is 0 Å². The fraction of sp³-hybridized carbons (Fsp3) is 0.276. The van der Waals surface area contributed by atoms with E-state index in [1.54, 1.807) is 15.6 Å². The Morgan fingerprint density at radius 2 is 1.58 bits per heavy atom. The molecular formula is C29H28F3N5O. The summed E-state index contributed by atoms with van der Waals surface area (Å²) in [5, 5.41) is 4.62. The van der Waals surface area contributed by atoms with E-state index in [1.807, 2.05) is 54.3 Å². The molecule has 6 nitrogen and oxygen atoms in total. The highest BCUT2D eigenvalue weighted by Crippen LogP contribution is 2.32. The number of carbonyl (C=O) groups is 1. The lowest BCUT2D eigenvalue weighted by Gasteiger charge is -2.35.